The van der Waals surface area contributed by atoms with E-state index in [2.05, 4.69) is 5.32 Å². The van der Waals surface area contributed by atoms with E-state index in [9.17, 15) is 31.1 Å². The summed E-state index contributed by atoms with van der Waals surface area (Å²) in [6.45, 7) is 0.721. The van der Waals surface area contributed by atoms with E-state index in [4.69, 9.17) is 0 Å². The van der Waals surface area contributed by atoms with Crippen LogP contribution >= 0.6 is 0 Å². The number of benzene rings is 3. The Morgan fingerprint density at radius 2 is 1.14 bits per heavy atom. The first kappa shape index (κ1) is 26.7. The number of amides is 1. The summed E-state index contributed by atoms with van der Waals surface area (Å²) in [6, 6.07) is 19.4. The zero-order chi connectivity index (χ0) is 26.7. The molecule has 4 rings (SSSR count). The molecule has 3 aromatic rings. The lowest BCUT2D eigenvalue weighted by molar-refractivity contribution is -0.143. The molecule has 3 nitrogen and oxygen atoms in total. The van der Waals surface area contributed by atoms with Gasteiger partial charge in [0.1, 0.15) is 0 Å². The Labute approximate surface area is 211 Å². The highest BCUT2D eigenvalue weighted by Gasteiger charge is 2.47. The minimum absolute atomic E-state index is 0.0806. The number of nitrogens with one attached hydrogen (secondary N) is 1. The predicted octanol–water partition coefficient (Wildman–Crippen LogP) is 6.77. The van der Waals surface area contributed by atoms with Crippen molar-refractivity contribution >= 4 is 5.91 Å². The number of carbonyl (C=O) groups is 1. The van der Waals surface area contributed by atoms with Gasteiger partial charge in [-0.05, 0) is 60.8 Å². The third kappa shape index (κ3) is 5.66. The monoisotopic (exact) mass is 520 g/mol. The molecule has 0 atom stereocenters. The number of nitrogens with zero attached hydrogens (tertiary/aromatic N) is 1. The van der Waals surface area contributed by atoms with Crippen LogP contribution in [0.25, 0.3) is 0 Å². The zero-order valence-electron chi connectivity index (χ0n) is 19.9. The van der Waals surface area contributed by atoms with Crippen LogP contribution in [-0.2, 0) is 29.2 Å². The Morgan fingerprint density at radius 1 is 0.676 bits per heavy atom. The SMILES string of the molecule is O=C(NCc1cc(C(F)(F)F)cc(C(F)(F)F)c1)C(c1ccccc1)(c1ccccc1)N1CCCCC1. The maximum Gasteiger partial charge on any atom is 0.416 e. The molecule has 0 radical (unpaired) electrons. The summed E-state index contributed by atoms with van der Waals surface area (Å²) in [5, 5.41) is 2.68. The van der Waals surface area contributed by atoms with Crippen molar-refractivity contribution in [2.75, 3.05) is 13.1 Å². The Bertz CT molecular complexity index is 1130. The minimum Gasteiger partial charge on any atom is -0.350 e. The van der Waals surface area contributed by atoms with E-state index < -0.39 is 41.5 Å². The molecule has 37 heavy (non-hydrogen) atoms. The molecule has 0 spiro atoms. The van der Waals surface area contributed by atoms with Crippen molar-refractivity contribution in [2.24, 2.45) is 0 Å². The number of carbonyl (C=O) groups excluding carboxylic acids is 1. The van der Waals surface area contributed by atoms with Crippen LogP contribution in [0.1, 0.15) is 47.1 Å². The second-order valence-electron chi connectivity index (χ2n) is 9.09. The molecule has 196 valence electrons. The third-order valence-corrected chi connectivity index (χ3v) is 6.64. The highest BCUT2D eigenvalue weighted by Crippen LogP contribution is 2.39. The molecule has 0 aromatic heterocycles. The van der Waals surface area contributed by atoms with Crippen molar-refractivity contribution < 1.29 is 31.1 Å². The van der Waals surface area contributed by atoms with Gasteiger partial charge in [0.2, 0.25) is 5.91 Å². The fourth-order valence-electron chi connectivity index (χ4n) is 4.96. The van der Waals surface area contributed by atoms with Crippen LogP contribution in [0.15, 0.2) is 78.9 Å². The first-order valence-electron chi connectivity index (χ1n) is 12.0. The molecule has 0 bridgehead atoms. The lowest BCUT2D eigenvalue weighted by Gasteiger charge is -2.45. The Balaban J connectivity index is 1.77. The molecule has 9 heteroatoms. The van der Waals surface area contributed by atoms with Crippen molar-refractivity contribution in [3.63, 3.8) is 0 Å². The summed E-state index contributed by atoms with van der Waals surface area (Å²) in [5.41, 5.74) is -3.09. The van der Waals surface area contributed by atoms with E-state index >= 15 is 0 Å². The summed E-state index contributed by atoms with van der Waals surface area (Å²) in [6.07, 6.45) is -7.21. The van der Waals surface area contributed by atoms with Crippen molar-refractivity contribution in [1.82, 2.24) is 10.2 Å². The van der Waals surface area contributed by atoms with Gasteiger partial charge in [-0.1, -0.05) is 67.1 Å². The Kier molecular flexibility index (Phi) is 7.64. The van der Waals surface area contributed by atoms with Crippen LogP contribution in [0.2, 0.25) is 0 Å². The molecule has 0 unspecified atom stereocenters. The second-order valence-corrected chi connectivity index (χ2v) is 9.09. The lowest BCUT2D eigenvalue weighted by atomic mass is 9.79. The average molecular weight is 521 g/mol. The molecule has 0 aliphatic carbocycles. The maximum absolute atomic E-state index is 14.1. The van der Waals surface area contributed by atoms with Crippen LogP contribution in [0.3, 0.4) is 0 Å². The Hall–Kier alpha value is -3.33. The molecule has 1 saturated heterocycles. The highest BCUT2D eigenvalue weighted by atomic mass is 19.4. The van der Waals surface area contributed by atoms with E-state index in [0.29, 0.717) is 36.3 Å². The van der Waals surface area contributed by atoms with Gasteiger partial charge in [-0.15, -0.1) is 0 Å². The van der Waals surface area contributed by atoms with Crippen LogP contribution in [0, 0.1) is 0 Å². The molecule has 1 fully saturated rings. The lowest BCUT2D eigenvalue weighted by Crippen LogP contribution is -2.58. The summed E-state index contributed by atoms with van der Waals surface area (Å²) >= 11 is 0. The summed E-state index contributed by atoms with van der Waals surface area (Å²) < 4.78 is 80.1. The van der Waals surface area contributed by atoms with Gasteiger partial charge in [0.25, 0.3) is 0 Å². The maximum atomic E-state index is 14.1. The number of alkyl halides is 6. The molecule has 1 aliphatic heterocycles. The van der Waals surface area contributed by atoms with Crippen LogP contribution in [0.4, 0.5) is 26.3 Å². The van der Waals surface area contributed by atoms with Crippen LogP contribution in [-0.4, -0.2) is 23.9 Å². The highest BCUT2D eigenvalue weighted by molar-refractivity contribution is 5.91. The predicted molar refractivity (Wildman–Crippen MR) is 127 cm³/mol. The van der Waals surface area contributed by atoms with Gasteiger partial charge in [0.05, 0.1) is 11.1 Å². The average Bonchev–Trinajstić information content (AvgIpc) is 2.89. The van der Waals surface area contributed by atoms with Gasteiger partial charge in [0, 0.05) is 6.54 Å². The van der Waals surface area contributed by atoms with Gasteiger partial charge in [-0.3, -0.25) is 9.69 Å². The number of likely N-dealkylation sites (tertiary alicyclic amines) is 1. The van der Waals surface area contributed by atoms with Crippen molar-refractivity contribution in [3.8, 4) is 0 Å². The molecule has 1 aliphatic rings. The molecule has 1 amide bonds. The van der Waals surface area contributed by atoms with Crippen LogP contribution in [0.5, 0.6) is 0 Å². The zero-order valence-corrected chi connectivity index (χ0v) is 19.9. The smallest absolute Gasteiger partial charge is 0.350 e. The molecule has 1 N–H and O–H groups in total. The standard InChI is InChI=1S/C28H26F6N2O/c29-27(30,31)23-16-20(17-24(18-23)28(32,33)34)19-35-25(37)26(21-10-4-1-5-11-21,22-12-6-2-7-13-22)36-14-8-3-9-15-36/h1-2,4-7,10-13,16-18H,3,8-9,14-15,19H2,(H,35,37). The van der Waals surface area contributed by atoms with E-state index in [1.807, 2.05) is 41.3 Å². The van der Waals surface area contributed by atoms with Gasteiger partial charge in [0.15, 0.2) is 5.54 Å². The topological polar surface area (TPSA) is 32.3 Å². The molecular weight excluding hydrogens is 494 g/mol. The third-order valence-electron chi connectivity index (χ3n) is 6.64. The molecule has 3 aromatic carbocycles. The van der Waals surface area contributed by atoms with Gasteiger partial charge in [-0.2, -0.15) is 26.3 Å². The fourth-order valence-corrected chi connectivity index (χ4v) is 4.96. The van der Waals surface area contributed by atoms with Gasteiger partial charge in [-0.25, -0.2) is 0 Å². The quantitative estimate of drug-likeness (QED) is 0.364. The van der Waals surface area contributed by atoms with E-state index in [1.54, 1.807) is 24.3 Å². The van der Waals surface area contributed by atoms with E-state index in [1.165, 1.54) is 0 Å². The van der Waals surface area contributed by atoms with E-state index in [-0.39, 0.29) is 11.6 Å². The number of piperidine rings is 1. The number of rotatable bonds is 6. The number of hydrogen-bond donors (Lipinski definition) is 1. The van der Waals surface area contributed by atoms with Gasteiger partial charge < -0.3 is 5.32 Å². The largest absolute Gasteiger partial charge is 0.416 e. The summed E-state index contributed by atoms with van der Waals surface area (Å²) in [5.74, 6) is -0.516. The van der Waals surface area contributed by atoms with Crippen LogP contribution < -0.4 is 5.32 Å². The van der Waals surface area contributed by atoms with Crippen molar-refractivity contribution in [1.29, 1.82) is 0 Å². The second kappa shape index (κ2) is 10.6. The number of hydrogen-bond acceptors (Lipinski definition) is 2. The number of halogens is 6. The minimum atomic E-state index is -4.97. The summed E-state index contributed by atoms with van der Waals surface area (Å²) in [7, 11) is 0. The van der Waals surface area contributed by atoms with E-state index in [0.717, 1.165) is 19.3 Å². The molecule has 1 heterocycles. The summed E-state index contributed by atoms with van der Waals surface area (Å²) in [4.78, 5) is 16.2. The van der Waals surface area contributed by atoms with Crippen molar-refractivity contribution in [3.05, 3.63) is 107 Å². The van der Waals surface area contributed by atoms with Crippen molar-refractivity contribution in [2.45, 2.75) is 43.7 Å². The first-order valence-corrected chi connectivity index (χ1v) is 12.0. The molecular formula is C28H26F6N2O. The first-order chi connectivity index (χ1) is 17.5. The normalized spacial score (nSPS) is 15.4. The Morgan fingerprint density at radius 3 is 1.57 bits per heavy atom. The van der Waals surface area contributed by atoms with Gasteiger partial charge >= 0.3 is 12.4 Å². The fraction of sp³-hybridized carbons (Fsp3) is 0.321. The molecule has 0 saturated carbocycles.